The molecule has 0 aliphatic carbocycles. The lowest BCUT2D eigenvalue weighted by molar-refractivity contribution is -0.118. The average molecular weight is 258 g/mol. The predicted octanol–water partition coefficient (Wildman–Crippen LogP) is 2.97. The van der Waals surface area contributed by atoms with Crippen LogP contribution < -0.4 is 5.73 Å². The van der Waals surface area contributed by atoms with Crippen LogP contribution in [0.1, 0.15) is 25.3 Å². The van der Waals surface area contributed by atoms with Crippen LogP contribution in [0.25, 0.3) is 0 Å². The van der Waals surface area contributed by atoms with Crippen molar-refractivity contribution in [3.05, 3.63) is 34.6 Å². The van der Waals surface area contributed by atoms with Crippen LogP contribution >= 0.6 is 11.6 Å². The number of benzene rings is 1. The molecule has 0 aliphatic heterocycles. The molecular weight excluding hydrogens is 241 g/mol. The van der Waals surface area contributed by atoms with Crippen LogP contribution in [0.15, 0.2) is 18.2 Å². The smallest absolute Gasteiger partial charge is 0.142 e. The Morgan fingerprint density at radius 3 is 2.88 bits per heavy atom. The maximum Gasteiger partial charge on any atom is 0.142 e. The Bertz CT molecular complexity index is 395. The van der Waals surface area contributed by atoms with Gasteiger partial charge in [0.05, 0.1) is 5.02 Å². The van der Waals surface area contributed by atoms with Gasteiger partial charge >= 0.3 is 0 Å². The molecule has 0 amide bonds. The first-order valence-corrected chi connectivity index (χ1v) is 6.07. The fourth-order valence-electron chi connectivity index (χ4n) is 1.51. The summed E-state index contributed by atoms with van der Waals surface area (Å²) in [7, 11) is 0. The van der Waals surface area contributed by atoms with Crippen molar-refractivity contribution in [1.29, 1.82) is 0 Å². The first-order valence-electron chi connectivity index (χ1n) is 5.69. The lowest BCUT2D eigenvalue weighted by Crippen LogP contribution is -2.13. The minimum absolute atomic E-state index is 0.0488. The zero-order chi connectivity index (χ0) is 12.8. The number of Topliss-reactive ketones (excluding diaryl/α,β-unsaturated/α-hetero) is 1. The predicted molar refractivity (Wildman–Crippen MR) is 67.6 cm³/mol. The van der Waals surface area contributed by atoms with Crippen LogP contribution in [0.4, 0.5) is 4.39 Å². The second-order valence-corrected chi connectivity index (χ2v) is 4.69. The van der Waals surface area contributed by atoms with Crippen LogP contribution in [0.3, 0.4) is 0 Å². The third kappa shape index (κ3) is 4.44. The molecule has 2 nitrogen and oxygen atoms in total. The molecule has 1 rings (SSSR count). The highest BCUT2D eigenvalue weighted by molar-refractivity contribution is 6.31. The maximum atomic E-state index is 13.1. The van der Waals surface area contributed by atoms with E-state index in [0.29, 0.717) is 24.4 Å². The summed E-state index contributed by atoms with van der Waals surface area (Å²) in [6, 6.07) is 4.52. The molecule has 0 fully saturated rings. The van der Waals surface area contributed by atoms with E-state index >= 15 is 0 Å². The van der Waals surface area contributed by atoms with Gasteiger partial charge in [-0.25, -0.2) is 4.39 Å². The molecule has 1 aromatic carbocycles. The Morgan fingerprint density at radius 2 is 2.24 bits per heavy atom. The van der Waals surface area contributed by atoms with Gasteiger partial charge in [-0.3, -0.25) is 4.79 Å². The summed E-state index contributed by atoms with van der Waals surface area (Å²) in [6.07, 6.45) is 1.42. The van der Waals surface area contributed by atoms with Crippen molar-refractivity contribution in [1.82, 2.24) is 0 Å². The molecule has 0 spiro atoms. The van der Waals surface area contributed by atoms with Crippen molar-refractivity contribution in [2.75, 3.05) is 6.54 Å². The van der Waals surface area contributed by atoms with Crippen molar-refractivity contribution in [3.63, 3.8) is 0 Å². The van der Waals surface area contributed by atoms with E-state index < -0.39 is 5.82 Å². The number of hydrogen-bond donors (Lipinski definition) is 1. The summed E-state index contributed by atoms with van der Waals surface area (Å²) in [5.74, 6) is -0.0768. The van der Waals surface area contributed by atoms with Gasteiger partial charge in [-0.1, -0.05) is 30.7 Å². The SMILES string of the molecule is CC(CN)CCC(=O)Cc1cccc(F)c1Cl. The molecule has 1 unspecified atom stereocenters. The Balaban J connectivity index is 2.54. The lowest BCUT2D eigenvalue weighted by atomic mass is 10.00. The molecule has 0 heterocycles. The largest absolute Gasteiger partial charge is 0.330 e. The van der Waals surface area contributed by atoms with Crippen LogP contribution in [0.2, 0.25) is 5.02 Å². The zero-order valence-electron chi connectivity index (χ0n) is 9.88. The van der Waals surface area contributed by atoms with Gasteiger partial charge in [-0.2, -0.15) is 0 Å². The molecular formula is C13H17ClFNO. The van der Waals surface area contributed by atoms with Crippen LogP contribution in [0, 0.1) is 11.7 Å². The van der Waals surface area contributed by atoms with Crippen molar-refractivity contribution in [2.45, 2.75) is 26.2 Å². The fraction of sp³-hybridized carbons (Fsp3) is 0.462. The van der Waals surface area contributed by atoms with E-state index in [0.717, 1.165) is 6.42 Å². The lowest BCUT2D eigenvalue weighted by Gasteiger charge is -2.08. The molecule has 4 heteroatoms. The standard InChI is InChI=1S/C13H17ClFNO/c1-9(8-16)5-6-11(17)7-10-3-2-4-12(15)13(10)14/h2-4,9H,5-8,16H2,1H3. The second kappa shape index (κ2) is 6.72. The number of ketones is 1. The normalized spacial score (nSPS) is 12.5. The Kier molecular flexibility index (Phi) is 5.59. The molecule has 1 aromatic rings. The number of carbonyl (C=O) groups is 1. The molecule has 0 aliphatic rings. The van der Waals surface area contributed by atoms with Gasteiger partial charge in [0.25, 0.3) is 0 Å². The minimum Gasteiger partial charge on any atom is -0.330 e. The topological polar surface area (TPSA) is 43.1 Å². The van der Waals surface area contributed by atoms with Gasteiger partial charge in [-0.05, 0) is 30.5 Å². The van der Waals surface area contributed by atoms with Gasteiger partial charge in [0.2, 0.25) is 0 Å². The van der Waals surface area contributed by atoms with Crippen molar-refractivity contribution in [2.24, 2.45) is 11.7 Å². The zero-order valence-corrected chi connectivity index (χ0v) is 10.6. The van der Waals surface area contributed by atoms with E-state index in [2.05, 4.69) is 0 Å². The number of rotatable bonds is 6. The summed E-state index contributed by atoms with van der Waals surface area (Å²) in [5, 5.41) is 0.0488. The van der Waals surface area contributed by atoms with Crippen molar-refractivity contribution >= 4 is 17.4 Å². The number of hydrogen-bond acceptors (Lipinski definition) is 2. The van der Waals surface area contributed by atoms with Crippen molar-refractivity contribution in [3.8, 4) is 0 Å². The molecule has 0 radical (unpaired) electrons. The van der Waals surface area contributed by atoms with Crippen LogP contribution in [-0.4, -0.2) is 12.3 Å². The molecule has 17 heavy (non-hydrogen) atoms. The summed E-state index contributed by atoms with van der Waals surface area (Å²) in [5.41, 5.74) is 6.03. The highest BCUT2D eigenvalue weighted by atomic mass is 35.5. The van der Waals surface area contributed by atoms with Crippen LogP contribution in [0.5, 0.6) is 0 Å². The molecule has 2 N–H and O–H groups in total. The summed E-state index contributed by atoms with van der Waals surface area (Å²) < 4.78 is 13.1. The Hall–Kier alpha value is -0.930. The molecule has 0 saturated heterocycles. The molecule has 0 aromatic heterocycles. The van der Waals surface area contributed by atoms with Gasteiger partial charge < -0.3 is 5.73 Å². The monoisotopic (exact) mass is 257 g/mol. The Morgan fingerprint density at radius 1 is 1.53 bits per heavy atom. The first-order chi connectivity index (χ1) is 8.04. The molecule has 94 valence electrons. The van der Waals surface area contributed by atoms with E-state index in [1.165, 1.54) is 6.07 Å². The number of halogens is 2. The van der Waals surface area contributed by atoms with Gasteiger partial charge in [0.15, 0.2) is 0 Å². The van der Waals surface area contributed by atoms with E-state index in [1.807, 2.05) is 6.92 Å². The van der Waals surface area contributed by atoms with Gasteiger partial charge in [0, 0.05) is 12.8 Å². The third-order valence-electron chi connectivity index (χ3n) is 2.74. The first kappa shape index (κ1) is 14.1. The van der Waals surface area contributed by atoms with E-state index in [-0.39, 0.29) is 17.2 Å². The Labute approximate surface area is 106 Å². The van der Waals surface area contributed by atoms with E-state index in [9.17, 15) is 9.18 Å². The summed E-state index contributed by atoms with van der Waals surface area (Å²) >= 11 is 5.78. The minimum atomic E-state index is -0.479. The van der Waals surface area contributed by atoms with E-state index in [1.54, 1.807) is 12.1 Å². The average Bonchev–Trinajstić information content (AvgIpc) is 2.32. The van der Waals surface area contributed by atoms with Gasteiger partial charge in [-0.15, -0.1) is 0 Å². The summed E-state index contributed by atoms with van der Waals surface area (Å²) in [4.78, 5) is 11.7. The quantitative estimate of drug-likeness (QED) is 0.851. The molecule has 0 bridgehead atoms. The van der Waals surface area contributed by atoms with Crippen molar-refractivity contribution < 1.29 is 9.18 Å². The van der Waals surface area contributed by atoms with Crippen LogP contribution in [-0.2, 0) is 11.2 Å². The third-order valence-corrected chi connectivity index (χ3v) is 3.16. The van der Waals surface area contributed by atoms with E-state index in [4.69, 9.17) is 17.3 Å². The molecule has 1 atom stereocenters. The summed E-state index contributed by atoms with van der Waals surface area (Å²) in [6.45, 7) is 2.58. The highest BCUT2D eigenvalue weighted by Crippen LogP contribution is 2.20. The van der Waals surface area contributed by atoms with Gasteiger partial charge in [0.1, 0.15) is 11.6 Å². The molecule has 0 saturated carbocycles. The maximum absolute atomic E-state index is 13.1. The fourth-order valence-corrected chi connectivity index (χ4v) is 1.70. The number of carbonyl (C=O) groups excluding carboxylic acids is 1. The highest BCUT2D eigenvalue weighted by Gasteiger charge is 2.11. The number of nitrogens with two attached hydrogens (primary N) is 1. The second-order valence-electron chi connectivity index (χ2n) is 4.31.